The lowest BCUT2D eigenvalue weighted by atomic mass is 10.3. The van der Waals surface area contributed by atoms with Gasteiger partial charge >= 0.3 is 0 Å². The zero-order valence-corrected chi connectivity index (χ0v) is 11.6. The topological polar surface area (TPSA) is 99.2 Å². The van der Waals surface area contributed by atoms with E-state index in [1.807, 2.05) is 0 Å². The number of halogens is 1. The predicted octanol–water partition coefficient (Wildman–Crippen LogP) is 0.951. The molecule has 2 aromatic rings. The maximum absolute atomic E-state index is 13.3. The third-order valence-electron chi connectivity index (χ3n) is 2.57. The molecule has 0 unspecified atom stereocenters. The average Bonchev–Trinajstić information content (AvgIpc) is 2.71. The Bertz CT molecular complexity index is 723. The molecule has 0 aliphatic rings. The fraction of sp³-hybridized carbons (Fsp3) is 0.182. The van der Waals surface area contributed by atoms with Crippen molar-refractivity contribution in [3.8, 4) is 5.75 Å². The van der Waals surface area contributed by atoms with Gasteiger partial charge in [0.2, 0.25) is 0 Å². The lowest BCUT2D eigenvalue weighted by Gasteiger charge is -2.10. The monoisotopic (exact) mass is 300 g/mol. The number of methoxy groups -OCH3 is 1. The number of sulfonamides is 1. The largest absolute Gasteiger partial charge is 0.494 e. The van der Waals surface area contributed by atoms with Crippen LogP contribution in [0.25, 0.3) is 0 Å². The summed E-state index contributed by atoms with van der Waals surface area (Å²) in [5.74, 6) is -0.771. The summed E-state index contributed by atoms with van der Waals surface area (Å²) in [6.07, 6.45) is 1.29. The highest BCUT2D eigenvalue weighted by Crippen LogP contribution is 2.25. The lowest BCUT2D eigenvalue weighted by molar-refractivity contribution is 0.387. The van der Waals surface area contributed by atoms with E-state index in [2.05, 4.69) is 9.71 Å². The molecule has 0 fully saturated rings. The minimum absolute atomic E-state index is 0.0665. The highest BCUT2D eigenvalue weighted by atomic mass is 32.2. The highest BCUT2D eigenvalue weighted by Gasteiger charge is 2.22. The Morgan fingerprint density at radius 3 is 2.70 bits per heavy atom. The molecule has 1 aromatic heterocycles. The molecule has 0 atom stereocenters. The molecule has 3 N–H and O–H groups in total. The van der Waals surface area contributed by atoms with Crippen molar-refractivity contribution in [2.45, 2.75) is 5.03 Å². The van der Waals surface area contributed by atoms with Crippen molar-refractivity contribution in [3.63, 3.8) is 0 Å². The van der Waals surface area contributed by atoms with Crippen molar-refractivity contribution < 1.29 is 17.5 Å². The van der Waals surface area contributed by atoms with E-state index in [4.69, 9.17) is 10.5 Å². The van der Waals surface area contributed by atoms with E-state index >= 15 is 0 Å². The number of imidazole rings is 1. The van der Waals surface area contributed by atoms with Crippen LogP contribution in [0.5, 0.6) is 5.75 Å². The number of nitrogens with two attached hydrogens (primary N) is 1. The molecule has 0 saturated heterocycles. The van der Waals surface area contributed by atoms with Gasteiger partial charge in [-0.05, 0) is 12.1 Å². The summed E-state index contributed by atoms with van der Waals surface area (Å²) in [5, 5.41) is -0.166. The number of nitrogens with one attached hydrogen (secondary N) is 1. The fourth-order valence-electron chi connectivity index (χ4n) is 1.69. The van der Waals surface area contributed by atoms with Crippen LogP contribution in [0.4, 0.5) is 15.9 Å². The summed E-state index contributed by atoms with van der Waals surface area (Å²) in [6.45, 7) is 0. The highest BCUT2D eigenvalue weighted by molar-refractivity contribution is 7.92. The molecule has 1 heterocycles. The Hall–Kier alpha value is -2.29. The summed E-state index contributed by atoms with van der Waals surface area (Å²) >= 11 is 0. The molecule has 20 heavy (non-hydrogen) atoms. The number of ether oxygens (including phenoxy) is 1. The quantitative estimate of drug-likeness (QED) is 0.876. The summed E-state index contributed by atoms with van der Waals surface area (Å²) in [5.41, 5.74) is 5.68. The van der Waals surface area contributed by atoms with Crippen molar-refractivity contribution in [1.29, 1.82) is 0 Å². The second-order valence-electron chi connectivity index (χ2n) is 4.00. The average molecular weight is 300 g/mol. The number of aromatic nitrogens is 2. The minimum Gasteiger partial charge on any atom is -0.494 e. The normalized spacial score (nSPS) is 11.3. The number of aryl methyl sites for hydroxylation is 1. The molecular weight excluding hydrogens is 287 g/mol. The van der Waals surface area contributed by atoms with Gasteiger partial charge in [0.25, 0.3) is 10.0 Å². The maximum Gasteiger partial charge on any atom is 0.281 e. The Labute approximate surface area is 115 Å². The SMILES string of the molecule is COc1cc(NS(=O)(=O)c2c(N)ncn2C)ccc1F. The van der Waals surface area contributed by atoms with Crippen LogP contribution in [0.15, 0.2) is 29.6 Å². The molecule has 0 aliphatic carbocycles. The summed E-state index contributed by atoms with van der Waals surface area (Å²) < 4.78 is 46.0. The third-order valence-corrected chi connectivity index (χ3v) is 4.08. The molecule has 0 aliphatic heterocycles. The first-order valence-electron chi connectivity index (χ1n) is 5.48. The first-order chi connectivity index (χ1) is 9.35. The van der Waals surface area contributed by atoms with Crippen LogP contribution < -0.4 is 15.2 Å². The standard InChI is InChI=1S/C11H13FN4O3S/c1-16-6-14-10(13)11(16)20(17,18)15-7-3-4-8(12)9(5-7)19-2/h3-6,15H,13H2,1-2H3. The smallest absolute Gasteiger partial charge is 0.281 e. The van der Waals surface area contributed by atoms with Gasteiger partial charge in [0.05, 0.1) is 19.1 Å². The fourth-order valence-corrected chi connectivity index (χ4v) is 2.98. The number of nitrogen functional groups attached to an aromatic ring is 1. The van der Waals surface area contributed by atoms with E-state index < -0.39 is 15.8 Å². The lowest BCUT2D eigenvalue weighted by Crippen LogP contribution is -2.17. The zero-order chi connectivity index (χ0) is 14.9. The molecule has 0 radical (unpaired) electrons. The van der Waals surface area contributed by atoms with Crippen LogP contribution in [0.2, 0.25) is 0 Å². The van der Waals surface area contributed by atoms with Gasteiger partial charge < -0.3 is 15.0 Å². The molecule has 108 valence electrons. The minimum atomic E-state index is -3.92. The number of hydrogen-bond acceptors (Lipinski definition) is 5. The van der Waals surface area contributed by atoms with Gasteiger partial charge in [0.15, 0.2) is 22.4 Å². The Morgan fingerprint density at radius 1 is 1.45 bits per heavy atom. The third kappa shape index (κ3) is 2.52. The predicted molar refractivity (Wildman–Crippen MR) is 71.4 cm³/mol. The number of benzene rings is 1. The van der Waals surface area contributed by atoms with Crippen LogP contribution in [0.1, 0.15) is 0 Å². The van der Waals surface area contributed by atoms with Crippen LogP contribution in [0.3, 0.4) is 0 Å². The molecular formula is C11H13FN4O3S. The van der Waals surface area contributed by atoms with Crippen molar-refractivity contribution in [1.82, 2.24) is 9.55 Å². The van der Waals surface area contributed by atoms with Crippen LogP contribution >= 0.6 is 0 Å². The second kappa shape index (κ2) is 5.00. The summed E-state index contributed by atoms with van der Waals surface area (Å²) in [4.78, 5) is 3.71. The molecule has 0 bridgehead atoms. The number of rotatable bonds is 4. The van der Waals surface area contributed by atoms with Gasteiger partial charge in [-0.15, -0.1) is 0 Å². The second-order valence-corrected chi connectivity index (χ2v) is 5.60. The van der Waals surface area contributed by atoms with E-state index in [0.29, 0.717) is 0 Å². The number of anilines is 2. The summed E-state index contributed by atoms with van der Waals surface area (Å²) in [6, 6.07) is 3.62. The van der Waals surface area contributed by atoms with Crippen LogP contribution in [0, 0.1) is 5.82 Å². The Balaban J connectivity index is 2.39. The van der Waals surface area contributed by atoms with Crippen molar-refractivity contribution in [3.05, 3.63) is 30.3 Å². The molecule has 0 spiro atoms. The first-order valence-corrected chi connectivity index (χ1v) is 6.96. The molecule has 0 saturated carbocycles. The number of nitrogens with zero attached hydrogens (tertiary/aromatic N) is 2. The van der Waals surface area contributed by atoms with Crippen LogP contribution in [-0.2, 0) is 17.1 Å². The van der Waals surface area contributed by atoms with E-state index in [1.54, 1.807) is 0 Å². The van der Waals surface area contributed by atoms with Crippen LogP contribution in [-0.4, -0.2) is 25.1 Å². The molecule has 7 nitrogen and oxygen atoms in total. The maximum atomic E-state index is 13.3. The van der Waals surface area contributed by atoms with Gasteiger partial charge in [-0.3, -0.25) is 4.72 Å². The Morgan fingerprint density at radius 2 is 2.15 bits per heavy atom. The van der Waals surface area contributed by atoms with Crippen molar-refractivity contribution in [2.75, 3.05) is 17.6 Å². The molecule has 0 amide bonds. The number of hydrogen-bond donors (Lipinski definition) is 2. The zero-order valence-electron chi connectivity index (χ0n) is 10.8. The first kappa shape index (κ1) is 14.1. The van der Waals surface area contributed by atoms with Gasteiger partial charge in [-0.25, -0.2) is 9.37 Å². The van der Waals surface area contributed by atoms with Gasteiger partial charge in [0, 0.05) is 13.1 Å². The van der Waals surface area contributed by atoms with E-state index in [9.17, 15) is 12.8 Å². The van der Waals surface area contributed by atoms with Gasteiger partial charge in [-0.2, -0.15) is 8.42 Å². The van der Waals surface area contributed by atoms with Gasteiger partial charge in [0.1, 0.15) is 0 Å². The molecule has 9 heteroatoms. The Kier molecular flexibility index (Phi) is 3.53. The van der Waals surface area contributed by atoms with E-state index in [1.165, 1.54) is 37.2 Å². The van der Waals surface area contributed by atoms with Crippen molar-refractivity contribution >= 4 is 21.5 Å². The van der Waals surface area contributed by atoms with Crippen molar-refractivity contribution in [2.24, 2.45) is 7.05 Å². The summed E-state index contributed by atoms with van der Waals surface area (Å²) in [7, 11) is -1.13. The van der Waals surface area contributed by atoms with E-state index in [0.717, 1.165) is 6.07 Å². The van der Waals surface area contributed by atoms with E-state index in [-0.39, 0.29) is 22.3 Å². The molecule has 1 aromatic carbocycles. The molecule has 2 rings (SSSR count). The van der Waals surface area contributed by atoms with Gasteiger partial charge in [-0.1, -0.05) is 0 Å².